The third-order valence-corrected chi connectivity index (χ3v) is 4.55. The van der Waals surface area contributed by atoms with Crippen molar-refractivity contribution >= 4 is 5.91 Å². The molecule has 5 nitrogen and oxygen atoms in total. The molecule has 5 heteroatoms. The summed E-state index contributed by atoms with van der Waals surface area (Å²) in [5.41, 5.74) is 1.99. The van der Waals surface area contributed by atoms with E-state index in [0.717, 1.165) is 18.4 Å². The van der Waals surface area contributed by atoms with Gasteiger partial charge in [-0.1, -0.05) is 35.5 Å². The topological polar surface area (TPSA) is 66.6 Å². The number of hydrogen-bond acceptors (Lipinski definition) is 4. The summed E-state index contributed by atoms with van der Waals surface area (Å²) in [7, 11) is 0. The van der Waals surface area contributed by atoms with Crippen LogP contribution in [0, 0.1) is 12.8 Å². The Kier molecular flexibility index (Phi) is 4.48. The summed E-state index contributed by atoms with van der Waals surface area (Å²) < 4.78 is 5.29. The molecular weight excluding hydrogens is 292 g/mol. The van der Waals surface area contributed by atoms with Gasteiger partial charge >= 0.3 is 0 Å². The highest BCUT2D eigenvalue weighted by molar-refractivity contribution is 6.00. The van der Waals surface area contributed by atoms with Gasteiger partial charge in [-0.3, -0.25) is 4.79 Å². The van der Waals surface area contributed by atoms with Crippen LogP contribution in [0.25, 0.3) is 11.3 Å². The summed E-state index contributed by atoms with van der Waals surface area (Å²) in [5, 5.41) is 13.9. The van der Waals surface area contributed by atoms with Crippen LogP contribution >= 0.6 is 0 Å². The number of aliphatic hydroxyl groups is 1. The van der Waals surface area contributed by atoms with Crippen molar-refractivity contribution in [3.8, 4) is 11.3 Å². The first kappa shape index (κ1) is 15.7. The number of benzene rings is 1. The molecule has 1 amide bonds. The second-order valence-corrected chi connectivity index (χ2v) is 6.22. The number of carbonyl (C=O) groups excluding carboxylic acids is 1. The summed E-state index contributed by atoms with van der Waals surface area (Å²) in [5.74, 6) is 0.606. The number of aromatic nitrogens is 1. The van der Waals surface area contributed by atoms with Crippen molar-refractivity contribution in [2.24, 2.45) is 5.92 Å². The van der Waals surface area contributed by atoms with Gasteiger partial charge < -0.3 is 14.5 Å². The molecule has 1 aromatic heterocycles. The van der Waals surface area contributed by atoms with Crippen molar-refractivity contribution in [2.45, 2.75) is 32.8 Å². The predicted octanol–water partition coefficient (Wildman–Crippen LogP) is 2.88. The van der Waals surface area contributed by atoms with Gasteiger partial charge in [-0.15, -0.1) is 0 Å². The summed E-state index contributed by atoms with van der Waals surface area (Å²) in [6.07, 6.45) is 1.46. The molecule has 0 bridgehead atoms. The first-order valence-electron chi connectivity index (χ1n) is 8.07. The van der Waals surface area contributed by atoms with Crippen molar-refractivity contribution in [1.29, 1.82) is 0 Å². The molecule has 122 valence electrons. The number of nitrogens with zero attached hydrogens (tertiary/aromatic N) is 2. The van der Waals surface area contributed by atoms with E-state index in [0.29, 0.717) is 30.1 Å². The van der Waals surface area contributed by atoms with Crippen LogP contribution < -0.4 is 0 Å². The summed E-state index contributed by atoms with van der Waals surface area (Å²) in [6, 6.07) is 9.59. The molecule has 2 heterocycles. The second-order valence-electron chi connectivity index (χ2n) is 6.22. The summed E-state index contributed by atoms with van der Waals surface area (Å²) in [6.45, 7) is 4.84. The minimum atomic E-state index is -0.400. The molecule has 2 atom stereocenters. The monoisotopic (exact) mass is 314 g/mol. The van der Waals surface area contributed by atoms with Crippen LogP contribution in [0.4, 0.5) is 0 Å². The van der Waals surface area contributed by atoms with Crippen LogP contribution in [0.3, 0.4) is 0 Å². The Morgan fingerprint density at radius 3 is 2.83 bits per heavy atom. The Bertz CT molecular complexity index is 679. The molecule has 23 heavy (non-hydrogen) atoms. The fourth-order valence-corrected chi connectivity index (χ4v) is 3.16. The van der Waals surface area contributed by atoms with Gasteiger partial charge in [0.1, 0.15) is 17.0 Å². The SMILES string of the molecule is Cc1onc(-c2ccccc2)c1C(=O)N1CCCC(C(C)O)C1. The molecule has 1 aliphatic heterocycles. The van der Waals surface area contributed by atoms with Gasteiger partial charge in [0.25, 0.3) is 5.91 Å². The van der Waals surface area contributed by atoms with E-state index in [9.17, 15) is 9.90 Å². The number of carbonyl (C=O) groups is 1. The zero-order valence-electron chi connectivity index (χ0n) is 13.5. The Labute approximate surface area is 135 Å². The lowest BCUT2D eigenvalue weighted by molar-refractivity contribution is 0.0465. The molecule has 3 rings (SSSR count). The normalized spacial score (nSPS) is 19.6. The van der Waals surface area contributed by atoms with Crippen molar-refractivity contribution in [2.75, 3.05) is 13.1 Å². The van der Waals surface area contributed by atoms with Crippen molar-refractivity contribution in [3.63, 3.8) is 0 Å². The molecule has 0 saturated carbocycles. The Morgan fingerprint density at radius 2 is 2.13 bits per heavy atom. The maximum absolute atomic E-state index is 13.0. The number of piperidine rings is 1. The Morgan fingerprint density at radius 1 is 1.39 bits per heavy atom. The van der Waals surface area contributed by atoms with Crippen LogP contribution in [0.15, 0.2) is 34.9 Å². The van der Waals surface area contributed by atoms with Gasteiger partial charge in [-0.25, -0.2) is 0 Å². The number of likely N-dealkylation sites (tertiary alicyclic amines) is 1. The van der Waals surface area contributed by atoms with E-state index in [1.54, 1.807) is 13.8 Å². The highest BCUT2D eigenvalue weighted by Gasteiger charge is 2.31. The molecule has 0 radical (unpaired) electrons. The Balaban J connectivity index is 1.90. The van der Waals surface area contributed by atoms with Crippen molar-refractivity contribution in [3.05, 3.63) is 41.7 Å². The molecule has 1 saturated heterocycles. The number of aliphatic hydroxyl groups excluding tert-OH is 1. The molecule has 1 fully saturated rings. The molecule has 0 aliphatic carbocycles. The lowest BCUT2D eigenvalue weighted by atomic mass is 9.92. The van der Waals surface area contributed by atoms with Gasteiger partial charge in [0, 0.05) is 24.6 Å². The molecular formula is C18H22N2O3. The van der Waals surface area contributed by atoms with Crippen LogP contribution in [-0.2, 0) is 0 Å². The van der Waals surface area contributed by atoms with Gasteiger partial charge in [-0.05, 0) is 26.7 Å². The van der Waals surface area contributed by atoms with Crippen molar-refractivity contribution in [1.82, 2.24) is 10.1 Å². The number of aryl methyl sites for hydroxylation is 1. The molecule has 1 aliphatic rings. The van der Waals surface area contributed by atoms with Crippen molar-refractivity contribution < 1.29 is 14.4 Å². The van der Waals surface area contributed by atoms with E-state index in [-0.39, 0.29) is 11.8 Å². The van der Waals surface area contributed by atoms with Crippen LogP contribution in [0.5, 0.6) is 0 Å². The predicted molar refractivity (Wildman–Crippen MR) is 87.0 cm³/mol. The zero-order valence-corrected chi connectivity index (χ0v) is 13.5. The van der Waals surface area contributed by atoms with Crippen LogP contribution in [0.1, 0.15) is 35.9 Å². The number of amides is 1. The minimum absolute atomic E-state index is 0.0621. The largest absolute Gasteiger partial charge is 0.393 e. The van der Waals surface area contributed by atoms with E-state index in [4.69, 9.17) is 4.52 Å². The van der Waals surface area contributed by atoms with Gasteiger partial charge in [0.15, 0.2) is 0 Å². The number of rotatable bonds is 3. The quantitative estimate of drug-likeness (QED) is 0.946. The minimum Gasteiger partial charge on any atom is -0.393 e. The standard InChI is InChI=1S/C18H22N2O3/c1-12(21)15-9-6-10-20(11-15)18(22)16-13(2)23-19-17(16)14-7-4-3-5-8-14/h3-5,7-8,12,15,21H,6,9-11H2,1-2H3. The van der Waals surface area contributed by atoms with E-state index in [1.807, 2.05) is 35.2 Å². The highest BCUT2D eigenvalue weighted by atomic mass is 16.5. The number of hydrogen-bond donors (Lipinski definition) is 1. The van der Waals surface area contributed by atoms with Crippen LogP contribution in [0.2, 0.25) is 0 Å². The molecule has 1 N–H and O–H groups in total. The highest BCUT2D eigenvalue weighted by Crippen LogP contribution is 2.28. The average molecular weight is 314 g/mol. The first-order valence-corrected chi connectivity index (χ1v) is 8.07. The van der Waals surface area contributed by atoms with Gasteiger partial charge in [-0.2, -0.15) is 0 Å². The molecule has 2 unspecified atom stereocenters. The smallest absolute Gasteiger partial charge is 0.259 e. The lowest BCUT2D eigenvalue weighted by Gasteiger charge is -2.34. The Hall–Kier alpha value is -2.14. The van der Waals surface area contributed by atoms with E-state index in [1.165, 1.54) is 0 Å². The summed E-state index contributed by atoms with van der Waals surface area (Å²) >= 11 is 0. The zero-order chi connectivity index (χ0) is 16.4. The maximum atomic E-state index is 13.0. The summed E-state index contributed by atoms with van der Waals surface area (Å²) in [4.78, 5) is 14.8. The molecule has 0 spiro atoms. The first-order chi connectivity index (χ1) is 11.1. The maximum Gasteiger partial charge on any atom is 0.259 e. The third-order valence-electron chi connectivity index (χ3n) is 4.55. The van der Waals surface area contributed by atoms with E-state index >= 15 is 0 Å². The van der Waals surface area contributed by atoms with Gasteiger partial charge in [0.2, 0.25) is 0 Å². The molecule has 2 aromatic rings. The fourth-order valence-electron chi connectivity index (χ4n) is 3.16. The molecule has 1 aromatic carbocycles. The lowest BCUT2D eigenvalue weighted by Crippen LogP contribution is -2.43. The average Bonchev–Trinajstić information content (AvgIpc) is 2.96. The fraction of sp³-hybridized carbons (Fsp3) is 0.444. The second kappa shape index (κ2) is 6.54. The van der Waals surface area contributed by atoms with Crippen LogP contribution in [-0.4, -0.2) is 40.3 Å². The van der Waals surface area contributed by atoms with E-state index in [2.05, 4.69) is 5.16 Å². The third kappa shape index (κ3) is 3.15. The van der Waals surface area contributed by atoms with E-state index < -0.39 is 6.10 Å². The van der Waals surface area contributed by atoms with Gasteiger partial charge in [0.05, 0.1) is 6.10 Å².